The van der Waals surface area contributed by atoms with Gasteiger partial charge in [-0.3, -0.25) is 9.69 Å². The summed E-state index contributed by atoms with van der Waals surface area (Å²) in [5, 5.41) is 2.93. The van der Waals surface area contributed by atoms with Crippen LogP contribution in [0.25, 0.3) is 0 Å². The molecule has 0 saturated heterocycles. The molecule has 0 aromatic heterocycles. The number of nitrogens with one attached hydrogen (secondary N) is 1. The average molecular weight is 420 g/mol. The van der Waals surface area contributed by atoms with Gasteiger partial charge in [0.05, 0.1) is 11.4 Å². The number of sulfonamides is 1. The third-order valence-corrected chi connectivity index (χ3v) is 8.43. The highest BCUT2D eigenvalue weighted by Crippen LogP contribution is 2.34. The normalized spacial score (nSPS) is 20.9. The van der Waals surface area contributed by atoms with Crippen molar-refractivity contribution in [2.75, 3.05) is 25.5 Å². The van der Waals surface area contributed by atoms with Gasteiger partial charge in [-0.05, 0) is 68.7 Å². The van der Waals surface area contributed by atoms with Crippen molar-refractivity contribution in [3.8, 4) is 0 Å². The summed E-state index contributed by atoms with van der Waals surface area (Å²) in [7, 11) is -1.81. The highest BCUT2D eigenvalue weighted by atomic mass is 32.2. The molecular formula is C22H33N3O3S. The molecule has 0 unspecified atom stereocenters. The number of amides is 1. The zero-order valence-corrected chi connectivity index (χ0v) is 18.2. The Kier molecular flexibility index (Phi) is 6.27. The Morgan fingerprint density at radius 3 is 2.21 bits per heavy atom. The van der Waals surface area contributed by atoms with Crippen LogP contribution in [-0.4, -0.2) is 55.8 Å². The maximum atomic E-state index is 12.9. The molecule has 0 spiro atoms. The maximum Gasteiger partial charge on any atom is 0.243 e. The van der Waals surface area contributed by atoms with E-state index in [1.807, 2.05) is 0 Å². The van der Waals surface area contributed by atoms with Crippen LogP contribution in [0.4, 0.5) is 5.69 Å². The second-order valence-corrected chi connectivity index (χ2v) is 11.0. The number of hydrogen-bond acceptors (Lipinski definition) is 4. The average Bonchev–Trinajstić information content (AvgIpc) is 3.62. The SMILES string of the molecule is CN(C1CCCCC1)S(=O)(=O)c1ccc(NC(=O)CN(CC2CC2)C2CC2)cc1. The van der Waals surface area contributed by atoms with Crippen molar-refractivity contribution >= 4 is 21.6 Å². The number of carbonyl (C=O) groups is 1. The van der Waals surface area contributed by atoms with Crippen molar-refractivity contribution in [2.45, 2.75) is 74.8 Å². The van der Waals surface area contributed by atoms with Crippen LogP contribution in [-0.2, 0) is 14.8 Å². The van der Waals surface area contributed by atoms with Gasteiger partial charge in [0, 0.05) is 31.4 Å². The van der Waals surface area contributed by atoms with Crippen LogP contribution in [0.3, 0.4) is 0 Å². The monoisotopic (exact) mass is 419 g/mol. The molecule has 3 saturated carbocycles. The molecule has 1 aromatic carbocycles. The fourth-order valence-corrected chi connectivity index (χ4v) is 5.73. The predicted octanol–water partition coefficient (Wildman–Crippen LogP) is 3.45. The number of anilines is 1. The molecule has 1 N–H and O–H groups in total. The Hall–Kier alpha value is -1.44. The van der Waals surface area contributed by atoms with E-state index >= 15 is 0 Å². The number of benzene rings is 1. The van der Waals surface area contributed by atoms with E-state index in [1.165, 1.54) is 36.4 Å². The molecule has 0 aliphatic heterocycles. The molecular weight excluding hydrogens is 386 g/mol. The van der Waals surface area contributed by atoms with Gasteiger partial charge in [-0.15, -0.1) is 0 Å². The lowest BCUT2D eigenvalue weighted by Gasteiger charge is -2.30. The zero-order valence-electron chi connectivity index (χ0n) is 17.3. The summed E-state index contributed by atoms with van der Waals surface area (Å²) in [6.45, 7) is 1.45. The van der Waals surface area contributed by atoms with Gasteiger partial charge < -0.3 is 5.32 Å². The summed E-state index contributed by atoms with van der Waals surface area (Å²) in [5.74, 6) is 0.751. The quantitative estimate of drug-likeness (QED) is 0.666. The van der Waals surface area contributed by atoms with Crippen LogP contribution in [0.2, 0.25) is 0 Å². The van der Waals surface area contributed by atoms with Crippen molar-refractivity contribution in [2.24, 2.45) is 5.92 Å². The van der Waals surface area contributed by atoms with Gasteiger partial charge >= 0.3 is 0 Å². The van der Waals surface area contributed by atoms with E-state index in [-0.39, 0.29) is 16.8 Å². The first kappa shape index (κ1) is 20.8. The van der Waals surface area contributed by atoms with Crippen molar-refractivity contribution in [3.05, 3.63) is 24.3 Å². The zero-order chi connectivity index (χ0) is 20.4. The molecule has 29 heavy (non-hydrogen) atoms. The van der Waals surface area contributed by atoms with Crippen LogP contribution < -0.4 is 5.32 Å². The predicted molar refractivity (Wildman–Crippen MR) is 114 cm³/mol. The fraction of sp³-hybridized carbons (Fsp3) is 0.682. The Bertz CT molecular complexity index is 810. The van der Waals surface area contributed by atoms with E-state index in [0.717, 1.165) is 38.1 Å². The van der Waals surface area contributed by atoms with Gasteiger partial charge in [0.25, 0.3) is 0 Å². The standard InChI is InChI=1S/C22H33N3O3S/c1-24(19-5-3-2-4-6-19)29(27,28)21-13-9-18(10-14-21)23-22(26)16-25(20-11-12-20)15-17-7-8-17/h9-10,13-14,17,19-20H,2-8,11-12,15-16H2,1H3,(H,23,26). The lowest BCUT2D eigenvalue weighted by Crippen LogP contribution is -2.38. The van der Waals surface area contributed by atoms with E-state index in [0.29, 0.717) is 18.3 Å². The third kappa shape index (κ3) is 5.38. The molecule has 7 heteroatoms. The first-order valence-corrected chi connectivity index (χ1v) is 12.5. The third-order valence-electron chi connectivity index (χ3n) is 6.50. The molecule has 1 amide bonds. The van der Waals surface area contributed by atoms with Gasteiger partial charge in [0.2, 0.25) is 15.9 Å². The summed E-state index contributed by atoms with van der Waals surface area (Å²) in [5.41, 5.74) is 0.649. The molecule has 6 nitrogen and oxygen atoms in total. The Balaban J connectivity index is 1.34. The largest absolute Gasteiger partial charge is 0.325 e. The molecule has 1 aromatic rings. The molecule has 3 fully saturated rings. The summed E-state index contributed by atoms with van der Waals surface area (Å²) in [4.78, 5) is 15.1. The second-order valence-electron chi connectivity index (χ2n) is 8.99. The van der Waals surface area contributed by atoms with Crippen LogP contribution in [0, 0.1) is 5.92 Å². The van der Waals surface area contributed by atoms with E-state index in [1.54, 1.807) is 31.3 Å². The summed E-state index contributed by atoms with van der Waals surface area (Å²) in [6.07, 6.45) is 10.2. The molecule has 3 aliphatic carbocycles. The summed E-state index contributed by atoms with van der Waals surface area (Å²) < 4.78 is 27.4. The van der Waals surface area contributed by atoms with Crippen LogP contribution in [0.1, 0.15) is 57.8 Å². The molecule has 4 rings (SSSR count). The van der Waals surface area contributed by atoms with E-state index in [2.05, 4.69) is 10.2 Å². The van der Waals surface area contributed by atoms with E-state index in [4.69, 9.17) is 0 Å². The minimum absolute atomic E-state index is 0.0209. The summed E-state index contributed by atoms with van der Waals surface area (Å²) >= 11 is 0. The highest BCUT2D eigenvalue weighted by molar-refractivity contribution is 7.89. The van der Waals surface area contributed by atoms with Gasteiger partial charge in [-0.2, -0.15) is 4.31 Å². The van der Waals surface area contributed by atoms with Crippen LogP contribution in [0.5, 0.6) is 0 Å². The van der Waals surface area contributed by atoms with Crippen molar-refractivity contribution < 1.29 is 13.2 Å². The van der Waals surface area contributed by atoms with Gasteiger partial charge in [-0.1, -0.05) is 19.3 Å². The van der Waals surface area contributed by atoms with Crippen molar-refractivity contribution in [1.82, 2.24) is 9.21 Å². The van der Waals surface area contributed by atoms with Crippen LogP contribution in [0.15, 0.2) is 29.2 Å². The number of hydrogen-bond donors (Lipinski definition) is 1. The minimum Gasteiger partial charge on any atom is -0.325 e. The van der Waals surface area contributed by atoms with E-state index in [9.17, 15) is 13.2 Å². The molecule has 0 bridgehead atoms. The molecule has 3 aliphatic rings. The minimum atomic E-state index is -3.50. The highest BCUT2D eigenvalue weighted by Gasteiger charge is 2.34. The summed E-state index contributed by atoms with van der Waals surface area (Å²) in [6, 6.07) is 7.27. The fourth-order valence-electron chi connectivity index (χ4n) is 4.32. The van der Waals surface area contributed by atoms with Crippen molar-refractivity contribution in [3.63, 3.8) is 0 Å². The lowest BCUT2D eigenvalue weighted by molar-refractivity contribution is -0.117. The number of nitrogens with zero attached hydrogens (tertiary/aromatic N) is 2. The lowest BCUT2D eigenvalue weighted by atomic mass is 9.96. The van der Waals surface area contributed by atoms with Crippen LogP contribution >= 0.6 is 0 Å². The Morgan fingerprint density at radius 1 is 0.966 bits per heavy atom. The Labute approximate surface area is 174 Å². The van der Waals surface area contributed by atoms with Gasteiger partial charge in [-0.25, -0.2) is 8.42 Å². The number of carbonyl (C=O) groups excluding carboxylic acids is 1. The maximum absolute atomic E-state index is 12.9. The first-order chi connectivity index (χ1) is 13.9. The molecule has 0 atom stereocenters. The molecule has 0 radical (unpaired) electrons. The van der Waals surface area contributed by atoms with Gasteiger partial charge in [0.15, 0.2) is 0 Å². The molecule has 0 heterocycles. The van der Waals surface area contributed by atoms with Gasteiger partial charge in [0.1, 0.15) is 0 Å². The van der Waals surface area contributed by atoms with E-state index < -0.39 is 10.0 Å². The topological polar surface area (TPSA) is 69.7 Å². The Morgan fingerprint density at radius 2 is 1.62 bits per heavy atom. The smallest absolute Gasteiger partial charge is 0.243 e. The second kappa shape index (κ2) is 8.74. The molecule has 160 valence electrons. The van der Waals surface area contributed by atoms with Crippen molar-refractivity contribution in [1.29, 1.82) is 0 Å². The first-order valence-electron chi connectivity index (χ1n) is 11.1. The number of rotatable bonds is 9.